The van der Waals surface area contributed by atoms with Crippen LogP contribution in [0.25, 0.3) is 0 Å². The van der Waals surface area contributed by atoms with Gasteiger partial charge in [-0.15, -0.1) is 0 Å². The van der Waals surface area contributed by atoms with Crippen LogP contribution in [0.1, 0.15) is 40.2 Å². The lowest BCUT2D eigenvalue weighted by molar-refractivity contribution is 0.0712. The number of pyridine rings is 1. The van der Waals surface area contributed by atoms with Gasteiger partial charge in [-0.25, -0.2) is 8.42 Å². The van der Waals surface area contributed by atoms with Crippen molar-refractivity contribution in [3.05, 3.63) is 93.7 Å². The molecule has 1 aromatic heterocycles. The minimum atomic E-state index is -3.81. The summed E-state index contributed by atoms with van der Waals surface area (Å²) in [6.45, 7) is 1.30. The van der Waals surface area contributed by atoms with Crippen molar-refractivity contribution < 1.29 is 13.2 Å². The highest BCUT2D eigenvalue weighted by Crippen LogP contribution is 2.32. The lowest BCUT2D eigenvalue weighted by Gasteiger charge is -2.32. The maximum absolute atomic E-state index is 13.0. The van der Waals surface area contributed by atoms with Gasteiger partial charge in [0.1, 0.15) is 4.90 Å². The second-order valence-corrected chi connectivity index (χ2v) is 10.6. The number of rotatable bonds is 5. The normalized spacial score (nSPS) is 15.0. The van der Waals surface area contributed by atoms with Crippen LogP contribution in [0.5, 0.6) is 0 Å². The molecule has 0 radical (unpaired) electrons. The van der Waals surface area contributed by atoms with E-state index in [1.165, 1.54) is 30.1 Å². The van der Waals surface area contributed by atoms with Crippen LogP contribution in [0.15, 0.2) is 71.9 Å². The van der Waals surface area contributed by atoms with Crippen molar-refractivity contribution in [3.8, 4) is 0 Å². The molecule has 1 fully saturated rings. The van der Waals surface area contributed by atoms with Crippen LogP contribution in [0, 0.1) is 0 Å². The number of amides is 1. The smallest absolute Gasteiger partial charge is 0.255 e. The van der Waals surface area contributed by atoms with Gasteiger partial charge in [-0.1, -0.05) is 59.6 Å². The lowest BCUT2D eigenvalue weighted by Crippen LogP contribution is -2.38. The van der Waals surface area contributed by atoms with Gasteiger partial charge in [0.25, 0.3) is 5.91 Å². The second-order valence-electron chi connectivity index (χ2n) is 7.87. The summed E-state index contributed by atoms with van der Waals surface area (Å²) in [6.07, 6.45) is 4.70. The molecule has 0 saturated carbocycles. The number of piperidine rings is 1. The van der Waals surface area contributed by atoms with Crippen molar-refractivity contribution in [2.75, 3.05) is 13.1 Å². The van der Waals surface area contributed by atoms with Gasteiger partial charge in [-0.2, -0.15) is 0 Å². The topological polar surface area (TPSA) is 67.3 Å². The zero-order valence-corrected chi connectivity index (χ0v) is 19.6. The highest BCUT2D eigenvalue weighted by Gasteiger charge is 2.26. The number of carbonyl (C=O) groups excluding carboxylic acids is 1. The van der Waals surface area contributed by atoms with Gasteiger partial charge in [-0.05, 0) is 48.1 Å². The lowest BCUT2D eigenvalue weighted by atomic mass is 9.89. The van der Waals surface area contributed by atoms with E-state index in [9.17, 15) is 13.2 Å². The first-order valence-corrected chi connectivity index (χ1v) is 12.7. The average molecular weight is 489 g/mol. The molecule has 2 heterocycles. The quantitative estimate of drug-likeness (QED) is 0.483. The predicted octanol–water partition coefficient (Wildman–Crippen LogP) is 5.38. The molecule has 32 heavy (non-hydrogen) atoms. The molecule has 5 nitrogen and oxygen atoms in total. The predicted molar refractivity (Wildman–Crippen MR) is 126 cm³/mol. The van der Waals surface area contributed by atoms with Crippen LogP contribution in [-0.2, 0) is 15.6 Å². The summed E-state index contributed by atoms with van der Waals surface area (Å²) in [4.78, 5) is 18.8. The third-order valence-electron chi connectivity index (χ3n) is 5.68. The average Bonchev–Trinajstić information content (AvgIpc) is 2.79. The number of hydrogen-bond acceptors (Lipinski definition) is 4. The zero-order chi connectivity index (χ0) is 22.7. The first-order chi connectivity index (χ1) is 15.3. The number of aromatic nitrogens is 1. The van der Waals surface area contributed by atoms with Crippen LogP contribution in [0.3, 0.4) is 0 Å². The molecular formula is C24H22Cl2N2O3S. The molecule has 4 rings (SSSR count). The van der Waals surface area contributed by atoms with Crippen molar-refractivity contribution >= 4 is 38.9 Å². The molecule has 1 saturated heterocycles. The van der Waals surface area contributed by atoms with Crippen LogP contribution in [0.4, 0.5) is 0 Å². The summed E-state index contributed by atoms with van der Waals surface area (Å²) in [5.74, 6) is -0.0463. The number of halogens is 2. The largest absolute Gasteiger partial charge is 0.339 e. The summed E-state index contributed by atoms with van der Waals surface area (Å²) in [6, 6.07) is 16.5. The van der Waals surface area contributed by atoms with E-state index in [-0.39, 0.29) is 26.6 Å². The Morgan fingerprint density at radius 2 is 1.62 bits per heavy atom. The first kappa shape index (κ1) is 22.8. The van der Waals surface area contributed by atoms with Crippen LogP contribution < -0.4 is 0 Å². The first-order valence-electron chi connectivity index (χ1n) is 10.3. The number of sulfone groups is 1. The molecule has 1 aliphatic heterocycles. The molecule has 0 atom stereocenters. The monoisotopic (exact) mass is 488 g/mol. The summed E-state index contributed by atoms with van der Waals surface area (Å²) in [5, 5.41) is 0.137. The van der Waals surface area contributed by atoms with E-state index in [4.69, 9.17) is 23.2 Å². The van der Waals surface area contributed by atoms with Crippen molar-refractivity contribution in [2.45, 2.75) is 29.4 Å². The SMILES string of the molecule is O=C(c1cncc(CS(=O)(=O)c2c(Cl)cccc2Cl)c1)N1CCC(c2ccccc2)CC1. The number of carbonyl (C=O) groups is 1. The van der Waals surface area contributed by atoms with Crippen molar-refractivity contribution in [2.24, 2.45) is 0 Å². The van der Waals surface area contributed by atoms with Gasteiger partial charge >= 0.3 is 0 Å². The number of benzene rings is 2. The maximum atomic E-state index is 13.0. The minimum Gasteiger partial charge on any atom is -0.339 e. The molecule has 0 spiro atoms. The van der Waals surface area contributed by atoms with Gasteiger partial charge < -0.3 is 4.90 Å². The third-order valence-corrected chi connectivity index (χ3v) is 8.31. The zero-order valence-electron chi connectivity index (χ0n) is 17.2. The van der Waals surface area contributed by atoms with Gasteiger partial charge in [0.05, 0.1) is 21.4 Å². The number of nitrogens with zero attached hydrogens (tertiary/aromatic N) is 2. The third kappa shape index (κ3) is 4.98. The summed E-state index contributed by atoms with van der Waals surface area (Å²) >= 11 is 12.2. The van der Waals surface area contributed by atoms with Gasteiger partial charge in [0.15, 0.2) is 9.84 Å². The highest BCUT2D eigenvalue weighted by molar-refractivity contribution is 7.90. The standard InChI is InChI=1S/C24H22Cl2N2O3S/c25-21-7-4-8-22(26)23(21)32(30,31)16-17-13-20(15-27-14-17)24(29)28-11-9-19(10-12-28)18-5-2-1-3-6-18/h1-8,13-15,19H,9-12,16H2. The summed E-state index contributed by atoms with van der Waals surface area (Å²) in [5.41, 5.74) is 2.08. The van der Waals surface area contributed by atoms with E-state index >= 15 is 0 Å². The molecule has 0 N–H and O–H groups in total. The Morgan fingerprint density at radius 3 is 2.28 bits per heavy atom. The molecule has 0 bridgehead atoms. The Bertz CT molecular complexity index is 1200. The molecule has 0 aliphatic carbocycles. The van der Waals surface area contributed by atoms with E-state index in [2.05, 4.69) is 17.1 Å². The molecule has 0 unspecified atom stereocenters. The molecule has 3 aromatic rings. The van der Waals surface area contributed by atoms with Crippen molar-refractivity contribution in [1.29, 1.82) is 0 Å². The Morgan fingerprint density at radius 1 is 0.969 bits per heavy atom. The second kappa shape index (κ2) is 9.61. The van der Waals surface area contributed by atoms with Crippen LogP contribution in [0.2, 0.25) is 10.0 Å². The highest BCUT2D eigenvalue weighted by atomic mass is 35.5. The van der Waals surface area contributed by atoms with Crippen LogP contribution in [-0.4, -0.2) is 37.3 Å². The summed E-state index contributed by atoms with van der Waals surface area (Å²) < 4.78 is 25.8. The minimum absolute atomic E-state index is 0.0685. The number of likely N-dealkylation sites (tertiary alicyclic amines) is 1. The van der Waals surface area contributed by atoms with Gasteiger partial charge in [0, 0.05) is 25.5 Å². The number of hydrogen-bond donors (Lipinski definition) is 0. The van der Waals surface area contributed by atoms with Gasteiger partial charge in [0.2, 0.25) is 0 Å². The van der Waals surface area contributed by atoms with Crippen LogP contribution >= 0.6 is 23.2 Å². The van der Waals surface area contributed by atoms with E-state index in [1.807, 2.05) is 18.2 Å². The summed E-state index contributed by atoms with van der Waals surface area (Å²) in [7, 11) is -3.81. The Labute approximate surface area is 197 Å². The van der Waals surface area contributed by atoms with E-state index in [0.29, 0.717) is 30.1 Å². The molecule has 1 amide bonds. The van der Waals surface area contributed by atoms with Crippen molar-refractivity contribution in [3.63, 3.8) is 0 Å². The van der Waals surface area contributed by atoms with E-state index in [1.54, 1.807) is 17.0 Å². The Balaban J connectivity index is 1.47. The fourth-order valence-electron chi connectivity index (χ4n) is 4.08. The Hall–Kier alpha value is -2.41. The fourth-order valence-corrected chi connectivity index (χ4v) is 6.65. The Kier molecular flexibility index (Phi) is 6.84. The van der Waals surface area contributed by atoms with Gasteiger partial charge in [-0.3, -0.25) is 9.78 Å². The molecular weight excluding hydrogens is 467 g/mol. The maximum Gasteiger partial charge on any atom is 0.255 e. The molecule has 166 valence electrons. The molecule has 1 aliphatic rings. The molecule has 2 aromatic carbocycles. The van der Waals surface area contributed by atoms with E-state index < -0.39 is 9.84 Å². The van der Waals surface area contributed by atoms with E-state index in [0.717, 1.165) is 12.8 Å². The van der Waals surface area contributed by atoms with Crippen molar-refractivity contribution in [1.82, 2.24) is 9.88 Å². The fraction of sp³-hybridized carbons (Fsp3) is 0.250. The molecule has 8 heteroatoms.